The number of esters is 1. The van der Waals surface area contributed by atoms with Crippen LogP contribution in [0, 0.1) is 17.2 Å². The number of benzene rings is 1. The van der Waals surface area contributed by atoms with Crippen LogP contribution in [0.4, 0.5) is 0 Å². The Morgan fingerprint density at radius 1 is 1.50 bits per heavy atom. The molecule has 1 heterocycles. The van der Waals surface area contributed by atoms with Crippen molar-refractivity contribution in [1.29, 1.82) is 5.26 Å². The van der Waals surface area contributed by atoms with Gasteiger partial charge in [-0.2, -0.15) is 5.26 Å². The topological polar surface area (TPSA) is 59.3 Å². The Hall–Kier alpha value is -1.38. The maximum absolute atomic E-state index is 11.9. The fourth-order valence-corrected chi connectivity index (χ4v) is 2.05. The predicted molar refractivity (Wildman–Crippen MR) is 67.9 cm³/mol. The number of ether oxygens (including phenoxy) is 2. The van der Waals surface area contributed by atoms with Crippen LogP contribution >= 0.6 is 15.9 Å². The van der Waals surface area contributed by atoms with Crippen LogP contribution in [-0.4, -0.2) is 25.3 Å². The number of hydrogen-bond acceptors (Lipinski definition) is 4. The van der Waals surface area contributed by atoms with Gasteiger partial charge in [-0.1, -0.05) is 15.9 Å². The standard InChI is InChI=1S/C13H12BrNO3/c14-11-3-1-9(2-4-11)13(16)18-12(7-15)10-5-6-17-8-10/h1-4,10,12H,5-6,8H2/t10-,12-/m0/s1. The predicted octanol–water partition coefficient (Wildman–Crippen LogP) is 2.53. The van der Waals surface area contributed by atoms with Gasteiger partial charge in [-0.05, 0) is 30.7 Å². The van der Waals surface area contributed by atoms with E-state index >= 15 is 0 Å². The van der Waals surface area contributed by atoms with Crippen molar-refractivity contribution in [2.75, 3.05) is 13.2 Å². The molecular weight excluding hydrogens is 298 g/mol. The molecule has 1 aromatic rings. The highest BCUT2D eigenvalue weighted by Crippen LogP contribution is 2.20. The minimum absolute atomic E-state index is 0.0191. The number of hydrogen-bond donors (Lipinski definition) is 0. The van der Waals surface area contributed by atoms with Gasteiger partial charge in [0.1, 0.15) is 6.07 Å². The molecule has 2 atom stereocenters. The molecule has 1 aliphatic heterocycles. The zero-order valence-corrected chi connectivity index (χ0v) is 11.2. The van der Waals surface area contributed by atoms with Gasteiger partial charge in [-0.15, -0.1) is 0 Å². The van der Waals surface area contributed by atoms with Gasteiger partial charge in [-0.25, -0.2) is 4.79 Å². The summed E-state index contributed by atoms with van der Waals surface area (Å²) in [5.41, 5.74) is 0.442. The summed E-state index contributed by atoms with van der Waals surface area (Å²) < 4.78 is 11.3. The number of nitrogens with zero attached hydrogens (tertiary/aromatic N) is 1. The highest BCUT2D eigenvalue weighted by molar-refractivity contribution is 9.10. The van der Waals surface area contributed by atoms with Gasteiger partial charge in [0.25, 0.3) is 0 Å². The first-order valence-electron chi connectivity index (χ1n) is 5.64. The molecule has 0 N–H and O–H groups in total. The zero-order valence-electron chi connectivity index (χ0n) is 9.64. The molecule has 1 fully saturated rings. The molecule has 0 aromatic heterocycles. The summed E-state index contributed by atoms with van der Waals surface area (Å²) in [4.78, 5) is 11.9. The first-order chi connectivity index (χ1) is 8.70. The van der Waals surface area contributed by atoms with E-state index in [0.717, 1.165) is 10.9 Å². The average Bonchev–Trinajstić information content (AvgIpc) is 2.90. The smallest absolute Gasteiger partial charge is 0.339 e. The summed E-state index contributed by atoms with van der Waals surface area (Å²) in [5.74, 6) is -0.490. The molecule has 94 valence electrons. The molecule has 1 aliphatic rings. The highest BCUT2D eigenvalue weighted by atomic mass is 79.9. The molecule has 0 spiro atoms. The Balaban J connectivity index is 2.01. The lowest BCUT2D eigenvalue weighted by Crippen LogP contribution is -2.25. The largest absolute Gasteiger partial charge is 0.443 e. The molecule has 0 radical (unpaired) electrons. The fraction of sp³-hybridized carbons (Fsp3) is 0.385. The first kappa shape index (κ1) is 13.1. The second-order valence-electron chi connectivity index (χ2n) is 4.09. The van der Waals surface area contributed by atoms with Crippen LogP contribution in [0.3, 0.4) is 0 Å². The third-order valence-corrected chi connectivity index (χ3v) is 3.36. The van der Waals surface area contributed by atoms with Gasteiger partial charge < -0.3 is 9.47 Å². The van der Waals surface area contributed by atoms with Crippen molar-refractivity contribution < 1.29 is 14.3 Å². The summed E-state index contributed by atoms with van der Waals surface area (Å²) in [6, 6.07) is 8.86. The van der Waals surface area contributed by atoms with E-state index in [1.807, 2.05) is 6.07 Å². The third-order valence-electron chi connectivity index (χ3n) is 2.83. The molecule has 5 heteroatoms. The minimum Gasteiger partial charge on any atom is -0.443 e. The summed E-state index contributed by atoms with van der Waals surface area (Å²) in [6.45, 7) is 1.10. The lowest BCUT2D eigenvalue weighted by Gasteiger charge is -2.15. The van der Waals surface area contributed by atoms with Crippen LogP contribution in [0.25, 0.3) is 0 Å². The SMILES string of the molecule is N#C[C@H](OC(=O)c1ccc(Br)cc1)[C@H]1CCOC1. The Morgan fingerprint density at radius 2 is 2.22 bits per heavy atom. The Morgan fingerprint density at radius 3 is 2.78 bits per heavy atom. The van der Waals surface area contributed by atoms with Gasteiger partial charge in [0.15, 0.2) is 6.10 Å². The maximum atomic E-state index is 11.9. The first-order valence-corrected chi connectivity index (χ1v) is 6.44. The van der Waals surface area contributed by atoms with Crippen LogP contribution in [0.15, 0.2) is 28.7 Å². The third kappa shape index (κ3) is 3.09. The summed E-state index contributed by atoms with van der Waals surface area (Å²) in [6.07, 6.45) is 0.0231. The van der Waals surface area contributed by atoms with Crippen molar-refractivity contribution in [2.45, 2.75) is 12.5 Å². The van der Waals surface area contributed by atoms with Crippen molar-refractivity contribution >= 4 is 21.9 Å². The summed E-state index contributed by atoms with van der Waals surface area (Å²) >= 11 is 3.29. The molecule has 0 saturated carbocycles. The van der Waals surface area contributed by atoms with Crippen molar-refractivity contribution in [2.24, 2.45) is 5.92 Å². The van der Waals surface area contributed by atoms with E-state index in [2.05, 4.69) is 15.9 Å². The van der Waals surface area contributed by atoms with Crippen molar-refractivity contribution in [1.82, 2.24) is 0 Å². The molecular formula is C13H12BrNO3. The second kappa shape index (κ2) is 5.98. The van der Waals surface area contributed by atoms with Crippen LogP contribution in [0.5, 0.6) is 0 Å². The number of carbonyl (C=O) groups is 1. The average molecular weight is 310 g/mol. The minimum atomic E-state index is -0.733. The van der Waals surface area contributed by atoms with Crippen molar-refractivity contribution in [3.63, 3.8) is 0 Å². The number of halogens is 1. The molecule has 1 aromatic carbocycles. The van der Waals surface area contributed by atoms with E-state index in [0.29, 0.717) is 18.8 Å². The molecule has 0 unspecified atom stereocenters. The molecule has 2 rings (SSSR count). The summed E-state index contributed by atoms with van der Waals surface area (Å²) in [7, 11) is 0. The van der Waals surface area contributed by atoms with Crippen LogP contribution in [-0.2, 0) is 9.47 Å². The Kier molecular flexibility index (Phi) is 4.34. The van der Waals surface area contributed by atoms with Crippen LogP contribution in [0.2, 0.25) is 0 Å². The molecule has 0 aliphatic carbocycles. The molecule has 4 nitrogen and oxygen atoms in total. The van der Waals surface area contributed by atoms with Crippen molar-refractivity contribution in [3.8, 4) is 6.07 Å². The van der Waals surface area contributed by atoms with Gasteiger partial charge in [-0.3, -0.25) is 0 Å². The maximum Gasteiger partial charge on any atom is 0.339 e. The normalized spacial score (nSPS) is 20.1. The molecule has 18 heavy (non-hydrogen) atoms. The highest BCUT2D eigenvalue weighted by Gasteiger charge is 2.29. The van der Waals surface area contributed by atoms with E-state index < -0.39 is 12.1 Å². The number of nitriles is 1. The fourth-order valence-electron chi connectivity index (χ4n) is 1.79. The van der Waals surface area contributed by atoms with E-state index in [9.17, 15) is 4.79 Å². The lowest BCUT2D eigenvalue weighted by molar-refractivity contribution is 0.0277. The Bertz CT molecular complexity index is 460. The second-order valence-corrected chi connectivity index (χ2v) is 5.00. The van der Waals surface area contributed by atoms with E-state index in [-0.39, 0.29) is 5.92 Å². The van der Waals surface area contributed by atoms with Gasteiger partial charge in [0.05, 0.1) is 12.2 Å². The van der Waals surface area contributed by atoms with E-state index in [1.165, 1.54) is 0 Å². The molecule has 1 saturated heterocycles. The van der Waals surface area contributed by atoms with Gasteiger partial charge >= 0.3 is 5.97 Å². The summed E-state index contributed by atoms with van der Waals surface area (Å²) in [5, 5.41) is 9.04. The molecule has 0 bridgehead atoms. The number of rotatable bonds is 3. The quantitative estimate of drug-likeness (QED) is 0.805. The van der Waals surface area contributed by atoms with E-state index in [4.69, 9.17) is 14.7 Å². The van der Waals surface area contributed by atoms with Crippen LogP contribution < -0.4 is 0 Å². The number of carbonyl (C=O) groups excluding carboxylic acids is 1. The van der Waals surface area contributed by atoms with Crippen molar-refractivity contribution in [3.05, 3.63) is 34.3 Å². The zero-order chi connectivity index (χ0) is 13.0. The lowest BCUT2D eigenvalue weighted by atomic mass is 10.0. The van der Waals surface area contributed by atoms with Crippen LogP contribution in [0.1, 0.15) is 16.8 Å². The van der Waals surface area contributed by atoms with E-state index in [1.54, 1.807) is 24.3 Å². The van der Waals surface area contributed by atoms with Gasteiger partial charge in [0, 0.05) is 17.0 Å². The molecule has 0 amide bonds. The Labute approximate surface area is 114 Å². The van der Waals surface area contributed by atoms with Gasteiger partial charge in [0.2, 0.25) is 0 Å². The monoisotopic (exact) mass is 309 g/mol.